The first-order valence-electron chi connectivity index (χ1n) is 7.09. The number of piperazine rings is 1. The minimum absolute atomic E-state index is 0.0919. The lowest BCUT2D eigenvalue weighted by Crippen LogP contribution is -2.55. The van der Waals surface area contributed by atoms with Crippen molar-refractivity contribution in [2.75, 3.05) is 25.0 Å². The number of nitrogens with one attached hydrogen (secondary N) is 2. The lowest BCUT2D eigenvalue weighted by atomic mass is 10.1. The lowest BCUT2D eigenvalue weighted by Gasteiger charge is -2.35. The van der Waals surface area contributed by atoms with Crippen molar-refractivity contribution in [3.05, 3.63) is 27.7 Å². The third-order valence-electron chi connectivity index (χ3n) is 3.55. The summed E-state index contributed by atoms with van der Waals surface area (Å²) in [6.07, 6.45) is 0. The van der Waals surface area contributed by atoms with Crippen molar-refractivity contribution in [1.82, 2.24) is 10.2 Å². The van der Waals surface area contributed by atoms with Crippen molar-refractivity contribution in [2.24, 2.45) is 0 Å². The van der Waals surface area contributed by atoms with Gasteiger partial charge >= 0.3 is 0 Å². The van der Waals surface area contributed by atoms with Crippen LogP contribution in [0.5, 0.6) is 0 Å². The molecule has 21 heavy (non-hydrogen) atoms. The molecule has 0 saturated carbocycles. The van der Waals surface area contributed by atoms with Gasteiger partial charge in [0.25, 0.3) is 0 Å². The highest BCUT2D eigenvalue weighted by molar-refractivity contribution is 6.40. The van der Waals surface area contributed by atoms with Gasteiger partial charge in [-0.05, 0) is 32.4 Å². The van der Waals surface area contributed by atoms with Crippen LogP contribution in [0.15, 0.2) is 12.1 Å². The van der Waals surface area contributed by atoms with E-state index in [0.29, 0.717) is 34.4 Å². The monoisotopic (exact) mass is 329 g/mol. The molecule has 1 aromatic carbocycles. The SMILES string of the molecule is Cc1ccc(Cl)c(NC(=O)CN2CC(C)NC(C)C2)c1Cl. The summed E-state index contributed by atoms with van der Waals surface area (Å²) >= 11 is 12.3. The van der Waals surface area contributed by atoms with Gasteiger partial charge in [-0.1, -0.05) is 29.3 Å². The molecule has 2 unspecified atom stereocenters. The van der Waals surface area contributed by atoms with Gasteiger partial charge in [0.05, 0.1) is 22.3 Å². The lowest BCUT2D eigenvalue weighted by molar-refractivity contribution is -0.117. The zero-order valence-corrected chi connectivity index (χ0v) is 14.1. The molecule has 116 valence electrons. The Morgan fingerprint density at radius 2 is 1.95 bits per heavy atom. The Bertz CT molecular complexity index is 526. The summed E-state index contributed by atoms with van der Waals surface area (Å²) in [5, 5.41) is 7.23. The first-order chi connectivity index (χ1) is 9.86. The summed E-state index contributed by atoms with van der Waals surface area (Å²) in [5.41, 5.74) is 1.39. The molecule has 6 heteroatoms. The van der Waals surface area contributed by atoms with Crippen LogP contribution < -0.4 is 10.6 Å². The summed E-state index contributed by atoms with van der Waals surface area (Å²) in [6, 6.07) is 4.34. The average Bonchev–Trinajstić information content (AvgIpc) is 2.38. The van der Waals surface area contributed by atoms with E-state index in [1.807, 2.05) is 13.0 Å². The highest BCUT2D eigenvalue weighted by atomic mass is 35.5. The molecule has 1 heterocycles. The Kier molecular flexibility index (Phi) is 5.49. The van der Waals surface area contributed by atoms with E-state index in [2.05, 4.69) is 29.4 Å². The maximum absolute atomic E-state index is 12.2. The molecule has 2 atom stereocenters. The third kappa shape index (κ3) is 4.33. The summed E-state index contributed by atoms with van der Waals surface area (Å²) in [6.45, 7) is 8.18. The molecule has 4 nitrogen and oxygen atoms in total. The van der Waals surface area contributed by atoms with Crippen LogP contribution in [0.2, 0.25) is 10.0 Å². The van der Waals surface area contributed by atoms with Crippen LogP contribution in [0.25, 0.3) is 0 Å². The van der Waals surface area contributed by atoms with Gasteiger partial charge in [0.1, 0.15) is 0 Å². The van der Waals surface area contributed by atoms with Gasteiger partial charge < -0.3 is 10.6 Å². The molecule has 0 aliphatic carbocycles. The molecular formula is C15H21Cl2N3O. The highest BCUT2D eigenvalue weighted by Gasteiger charge is 2.23. The maximum Gasteiger partial charge on any atom is 0.238 e. The molecule has 2 rings (SSSR count). The Hall–Kier alpha value is -0.810. The summed E-state index contributed by atoms with van der Waals surface area (Å²) in [7, 11) is 0. The fourth-order valence-electron chi connectivity index (χ4n) is 2.72. The topological polar surface area (TPSA) is 44.4 Å². The van der Waals surface area contributed by atoms with Gasteiger partial charge in [0.2, 0.25) is 5.91 Å². The van der Waals surface area contributed by atoms with E-state index in [1.165, 1.54) is 0 Å². The summed E-state index contributed by atoms with van der Waals surface area (Å²) in [4.78, 5) is 14.4. The van der Waals surface area contributed by atoms with Gasteiger partial charge in [0.15, 0.2) is 0 Å². The highest BCUT2D eigenvalue weighted by Crippen LogP contribution is 2.32. The van der Waals surface area contributed by atoms with Crippen LogP contribution in [0, 0.1) is 6.92 Å². The number of nitrogens with zero attached hydrogens (tertiary/aromatic N) is 1. The number of hydrogen-bond donors (Lipinski definition) is 2. The summed E-state index contributed by atoms with van der Waals surface area (Å²) < 4.78 is 0. The van der Waals surface area contributed by atoms with E-state index >= 15 is 0 Å². The molecule has 0 aromatic heterocycles. The smallest absolute Gasteiger partial charge is 0.238 e. The van der Waals surface area contributed by atoms with Crippen LogP contribution in [0.3, 0.4) is 0 Å². The fraction of sp³-hybridized carbons (Fsp3) is 0.533. The standard InChI is InChI=1S/C15H21Cl2N3O/c1-9-4-5-12(16)15(14(9)17)19-13(21)8-20-6-10(2)18-11(3)7-20/h4-5,10-11,18H,6-8H2,1-3H3,(H,19,21). The predicted octanol–water partition coefficient (Wildman–Crippen LogP) is 2.92. The Morgan fingerprint density at radius 3 is 2.57 bits per heavy atom. The number of rotatable bonds is 3. The Balaban J connectivity index is 2.01. The van der Waals surface area contributed by atoms with Crippen molar-refractivity contribution in [1.29, 1.82) is 0 Å². The zero-order chi connectivity index (χ0) is 15.6. The fourth-order valence-corrected chi connectivity index (χ4v) is 3.19. The van der Waals surface area contributed by atoms with Gasteiger partial charge in [-0.3, -0.25) is 9.69 Å². The van der Waals surface area contributed by atoms with Crippen LogP contribution >= 0.6 is 23.2 Å². The van der Waals surface area contributed by atoms with Crippen molar-refractivity contribution in [3.63, 3.8) is 0 Å². The van der Waals surface area contributed by atoms with E-state index in [4.69, 9.17) is 23.2 Å². The number of amides is 1. The summed E-state index contributed by atoms with van der Waals surface area (Å²) in [5.74, 6) is -0.0919. The number of benzene rings is 1. The minimum atomic E-state index is -0.0919. The second-order valence-electron chi connectivity index (χ2n) is 5.76. The van der Waals surface area contributed by atoms with Crippen LogP contribution in [-0.4, -0.2) is 42.5 Å². The maximum atomic E-state index is 12.2. The van der Waals surface area contributed by atoms with Crippen molar-refractivity contribution in [2.45, 2.75) is 32.9 Å². The molecule has 2 N–H and O–H groups in total. The predicted molar refractivity (Wildman–Crippen MR) is 88.3 cm³/mol. The molecule has 1 saturated heterocycles. The Morgan fingerprint density at radius 1 is 1.33 bits per heavy atom. The number of carbonyl (C=O) groups is 1. The number of halogens is 2. The minimum Gasteiger partial charge on any atom is -0.322 e. The van der Waals surface area contributed by atoms with Crippen molar-refractivity contribution >= 4 is 34.8 Å². The van der Waals surface area contributed by atoms with Gasteiger partial charge in [-0.15, -0.1) is 0 Å². The molecule has 0 spiro atoms. The first kappa shape index (κ1) is 16.6. The second kappa shape index (κ2) is 6.97. The average molecular weight is 330 g/mol. The van der Waals surface area contributed by atoms with Crippen LogP contribution in [0.1, 0.15) is 19.4 Å². The van der Waals surface area contributed by atoms with Crippen molar-refractivity contribution in [3.8, 4) is 0 Å². The van der Waals surface area contributed by atoms with E-state index in [1.54, 1.807) is 6.07 Å². The quantitative estimate of drug-likeness (QED) is 0.896. The molecule has 1 aliphatic rings. The Labute approximate surface area is 135 Å². The van der Waals surface area contributed by atoms with E-state index in [-0.39, 0.29) is 5.91 Å². The zero-order valence-electron chi connectivity index (χ0n) is 12.5. The first-order valence-corrected chi connectivity index (χ1v) is 7.85. The number of aryl methyl sites for hydroxylation is 1. The molecule has 0 radical (unpaired) electrons. The van der Waals surface area contributed by atoms with E-state index in [0.717, 1.165) is 18.7 Å². The van der Waals surface area contributed by atoms with Gasteiger partial charge in [0, 0.05) is 25.2 Å². The molecule has 1 amide bonds. The third-order valence-corrected chi connectivity index (χ3v) is 4.35. The van der Waals surface area contributed by atoms with Crippen LogP contribution in [0.4, 0.5) is 5.69 Å². The normalized spacial score (nSPS) is 23.1. The molecule has 1 aliphatic heterocycles. The van der Waals surface area contributed by atoms with E-state index in [9.17, 15) is 4.79 Å². The van der Waals surface area contributed by atoms with E-state index < -0.39 is 0 Å². The molecular weight excluding hydrogens is 309 g/mol. The van der Waals surface area contributed by atoms with Gasteiger partial charge in [-0.25, -0.2) is 0 Å². The number of anilines is 1. The molecule has 1 aromatic rings. The number of hydrogen-bond acceptors (Lipinski definition) is 3. The molecule has 0 bridgehead atoms. The molecule has 1 fully saturated rings. The van der Waals surface area contributed by atoms with Crippen LogP contribution in [-0.2, 0) is 4.79 Å². The second-order valence-corrected chi connectivity index (χ2v) is 6.55. The largest absolute Gasteiger partial charge is 0.322 e. The van der Waals surface area contributed by atoms with Crippen molar-refractivity contribution < 1.29 is 4.79 Å². The van der Waals surface area contributed by atoms with Gasteiger partial charge in [-0.2, -0.15) is 0 Å². The number of carbonyl (C=O) groups excluding carboxylic acids is 1.